The molecule has 0 aromatic heterocycles. The summed E-state index contributed by atoms with van der Waals surface area (Å²) in [6, 6.07) is 11.2. The van der Waals surface area contributed by atoms with E-state index in [1.54, 1.807) is 6.92 Å². The van der Waals surface area contributed by atoms with E-state index in [2.05, 4.69) is 16.0 Å². The van der Waals surface area contributed by atoms with Crippen LogP contribution in [0.15, 0.2) is 53.7 Å². The Morgan fingerprint density at radius 3 is 2.44 bits per heavy atom. The highest BCUT2D eigenvalue weighted by Gasteiger charge is 2.31. The molecule has 1 heterocycles. The normalized spacial score (nSPS) is 16.6. The molecule has 27 heavy (non-hydrogen) atoms. The maximum Gasteiger partial charge on any atom is 0.319 e. The largest absolute Gasteiger partial charge is 0.505 e. The Hall–Kier alpha value is -2.70. The number of aromatic hydroxyl groups is 1. The molecular weight excluding hydrogens is 389 g/mol. The molecule has 1 unspecified atom stereocenters. The van der Waals surface area contributed by atoms with Gasteiger partial charge in [0.25, 0.3) is 5.91 Å². The van der Waals surface area contributed by atoms with Crippen molar-refractivity contribution in [2.24, 2.45) is 0 Å². The van der Waals surface area contributed by atoms with Crippen LogP contribution in [0.25, 0.3) is 0 Å². The highest BCUT2D eigenvalue weighted by Crippen LogP contribution is 2.37. The fraction of sp³-hybridized carbons (Fsp3) is 0.158. The smallest absolute Gasteiger partial charge is 0.319 e. The van der Waals surface area contributed by atoms with Crippen molar-refractivity contribution in [1.29, 1.82) is 0 Å². The molecule has 8 heteroatoms. The number of carbonyl (C=O) groups excluding carboxylic acids is 2. The van der Waals surface area contributed by atoms with Gasteiger partial charge in [0, 0.05) is 12.2 Å². The van der Waals surface area contributed by atoms with Crippen molar-refractivity contribution in [3.05, 3.63) is 74.9 Å². The van der Waals surface area contributed by atoms with Gasteiger partial charge in [0.1, 0.15) is 0 Å². The Labute approximate surface area is 166 Å². The van der Waals surface area contributed by atoms with Gasteiger partial charge in [-0.2, -0.15) is 0 Å². The average molecular weight is 406 g/mol. The third kappa shape index (κ3) is 4.18. The van der Waals surface area contributed by atoms with Gasteiger partial charge in [0.15, 0.2) is 5.75 Å². The molecule has 1 aliphatic rings. The van der Waals surface area contributed by atoms with Crippen LogP contribution in [0.1, 0.15) is 24.1 Å². The molecule has 0 saturated heterocycles. The number of nitrogens with one attached hydrogen (secondary N) is 3. The minimum atomic E-state index is -0.759. The van der Waals surface area contributed by atoms with Crippen LogP contribution in [0.2, 0.25) is 10.0 Å². The number of rotatable bonds is 4. The van der Waals surface area contributed by atoms with E-state index in [4.69, 9.17) is 23.2 Å². The Balaban J connectivity index is 1.91. The molecule has 0 aliphatic carbocycles. The van der Waals surface area contributed by atoms with Gasteiger partial charge in [-0.15, -0.1) is 0 Å². The fourth-order valence-electron chi connectivity index (χ4n) is 2.87. The fourth-order valence-corrected chi connectivity index (χ4v) is 3.37. The summed E-state index contributed by atoms with van der Waals surface area (Å²) in [5.74, 6) is -0.590. The Morgan fingerprint density at radius 1 is 1.19 bits per heavy atom. The average Bonchev–Trinajstić information content (AvgIpc) is 2.64. The molecule has 140 valence electrons. The first-order valence-electron chi connectivity index (χ1n) is 8.15. The van der Waals surface area contributed by atoms with Crippen molar-refractivity contribution in [2.45, 2.75) is 19.5 Å². The lowest BCUT2D eigenvalue weighted by molar-refractivity contribution is -0.118. The lowest BCUT2D eigenvalue weighted by Crippen LogP contribution is -2.46. The Bertz CT molecular complexity index is 906. The predicted octanol–water partition coefficient (Wildman–Crippen LogP) is 3.64. The summed E-state index contributed by atoms with van der Waals surface area (Å²) in [5, 5.41) is 18.0. The lowest BCUT2D eigenvalue weighted by Gasteiger charge is -2.29. The van der Waals surface area contributed by atoms with E-state index >= 15 is 0 Å². The minimum absolute atomic E-state index is 0.0342. The number of hydrogen-bond acceptors (Lipinski definition) is 3. The quantitative estimate of drug-likeness (QED) is 0.625. The molecule has 3 rings (SSSR count). The summed E-state index contributed by atoms with van der Waals surface area (Å²) in [5.41, 5.74) is 2.20. The van der Waals surface area contributed by atoms with Gasteiger partial charge in [-0.3, -0.25) is 4.79 Å². The summed E-state index contributed by atoms with van der Waals surface area (Å²) in [6.07, 6.45) is 0. The summed E-state index contributed by atoms with van der Waals surface area (Å²) in [6.45, 7) is 1.99. The molecule has 2 aromatic carbocycles. The van der Waals surface area contributed by atoms with Crippen LogP contribution in [-0.4, -0.2) is 17.0 Å². The third-order valence-corrected chi connectivity index (χ3v) is 4.76. The molecule has 0 saturated carbocycles. The van der Waals surface area contributed by atoms with E-state index < -0.39 is 12.1 Å². The van der Waals surface area contributed by atoms with Gasteiger partial charge in [0.2, 0.25) is 0 Å². The molecule has 2 aromatic rings. The molecule has 0 bridgehead atoms. The summed E-state index contributed by atoms with van der Waals surface area (Å²) >= 11 is 12.0. The van der Waals surface area contributed by atoms with Crippen LogP contribution in [0.4, 0.5) is 4.79 Å². The van der Waals surface area contributed by atoms with Gasteiger partial charge in [-0.25, -0.2) is 4.79 Å². The molecular formula is C19H17Cl2N3O3. The number of halogens is 2. The molecule has 4 N–H and O–H groups in total. The van der Waals surface area contributed by atoms with Crippen LogP contribution >= 0.6 is 23.2 Å². The van der Waals surface area contributed by atoms with Crippen LogP contribution in [0.3, 0.4) is 0 Å². The number of hydrogen-bond donors (Lipinski definition) is 4. The molecule has 1 atom stereocenters. The first-order chi connectivity index (χ1) is 12.9. The van der Waals surface area contributed by atoms with Crippen molar-refractivity contribution in [2.75, 3.05) is 0 Å². The number of urea groups is 1. The predicted molar refractivity (Wildman–Crippen MR) is 104 cm³/mol. The summed E-state index contributed by atoms with van der Waals surface area (Å²) in [4.78, 5) is 24.8. The first kappa shape index (κ1) is 19.1. The standard InChI is InChI=1S/C19H17Cl2N3O3/c1-10-15(18(26)22-9-11-5-3-2-4-6-11)16(24-19(27)23-10)12-7-13(20)17(25)14(21)8-12/h2-8,16,25H,9H2,1H3,(H,22,26)(H2,23,24,27). The SMILES string of the molecule is CC1=C(C(=O)NCc2ccccc2)C(c2cc(Cl)c(O)c(Cl)c2)NC(=O)N1. The van der Waals surface area contributed by atoms with Gasteiger partial charge in [-0.1, -0.05) is 53.5 Å². The van der Waals surface area contributed by atoms with E-state index in [-0.39, 0.29) is 21.7 Å². The van der Waals surface area contributed by atoms with Crippen LogP contribution < -0.4 is 16.0 Å². The van der Waals surface area contributed by atoms with E-state index in [1.165, 1.54) is 12.1 Å². The second-order valence-corrected chi connectivity index (χ2v) is 6.89. The van der Waals surface area contributed by atoms with Crippen molar-refractivity contribution in [3.8, 4) is 5.75 Å². The highest BCUT2D eigenvalue weighted by atomic mass is 35.5. The molecule has 3 amide bonds. The van der Waals surface area contributed by atoms with Crippen molar-refractivity contribution < 1.29 is 14.7 Å². The van der Waals surface area contributed by atoms with Gasteiger partial charge >= 0.3 is 6.03 Å². The molecule has 0 spiro atoms. The Kier molecular flexibility index (Phi) is 5.58. The zero-order valence-corrected chi connectivity index (χ0v) is 15.9. The van der Waals surface area contributed by atoms with Crippen molar-refractivity contribution >= 4 is 35.1 Å². The van der Waals surface area contributed by atoms with E-state index in [9.17, 15) is 14.7 Å². The number of phenols is 1. The topological polar surface area (TPSA) is 90.5 Å². The van der Waals surface area contributed by atoms with Crippen LogP contribution in [0, 0.1) is 0 Å². The van der Waals surface area contributed by atoms with Crippen LogP contribution in [0.5, 0.6) is 5.75 Å². The number of carbonyl (C=O) groups is 2. The summed E-state index contributed by atoms with van der Waals surface area (Å²) < 4.78 is 0. The molecule has 0 radical (unpaired) electrons. The van der Waals surface area contributed by atoms with Crippen molar-refractivity contribution in [1.82, 2.24) is 16.0 Å². The number of allylic oxidation sites excluding steroid dienone is 1. The first-order valence-corrected chi connectivity index (χ1v) is 8.90. The third-order valence-electron chi connectivity index (χ3n) is 4.18. The Morgan fingerprint density at radius 2 is 1.81 bits per heavy atom. The van der Waals surface area contributed by atoms with Crippen molar-refractivity contribution in [3.63, 3.8) is 0 Å². The van der Waals surface area contributed by atoms with Crippen LogP contribution in [-0.2, 0) is 11.3 Å². The second-order valence-electron chi connectivity index (χ2n) is 6.07. The van der Waals surface area contributed by atoms with Gasteiger partial charge in [0.05, 0.1) is 21.7 Å². The zero-order chi connectivity index (χ0) is 19.6. The maximum atomic E-state index is 12.8. The lowest BCUT2D eigenvalue weighted by atomic mass is 9.94. The number of amides is 3. The second kappa shape index (κ2) is 7.90. The minimum Gasteiger partial charge on any atom is -0.505 e. The molecule has 6 nitrogen and oxygen atoms in total. The molecule has 0 fully saturated rings. The van der Waals surface area contributed by atoms with E-state index in [0.717, 1.165) is 5.56 Å². The number of benzene rings is 2. The monoisotopic (exact) mass is 405 g/mol. The highest BCUT2D eigenvalue weighted by molar-refractivity contribution is 6.37. The van der Waals surface area contributed by atoms with E-state index in [0.29, 0.717) is 23.4 Å². The molecule has 1 aliphatic heterocycles. The van der Waals surface area contributed by atoms with E-state index in [1.807, 2.05) is 30.3 Å². The number of phenolic OH excluding ortho intramolecular Hbond substituents is 1. The van der Waals surface area contributed by atoms with Gasteiger partial charge < -0.3 is 21.1 Å². The summed E-state index contributed by atoms with van der Waals surface area (Å²) in [7, 11) is 0. The zero-order valence-electron chi connectivity index (χ0n) is 14.3. The van der Waals surface area contributed by atoms with Gasteiger partial charge in [-0.05, 0) is 30.2 Å². The maximum absolute atomic E-state index is 12.8.